The molecule has 0 radical (unpaired) electrons. The van der Waals surface area contributed by atoms with Crippen molar-refractivity contribution in [3.05, 3.63) is 11.1 Å². The van der Waals surface area contributed by atoms with Crippen LogP contribution in [0.25, 0.3) is 0 Å². The van der Waals surface area contributed by atoms with E-state index < -0.39 is 12.6 Å². The van der Waals surface area contributed by atoms with Gasteiger partial charge >= 0.3 is 6.18 Å². The maximum atomic E-state index is 12.1. The highest BCUT2D eigenvalue weighted by atomic mass is 32.1. The predicted octanol–water partition coefficient (Wildman–Crippen LogP) is 2.92. The normalized spacial score (nSPS) is 14.0. The van der Waals surface area contributed by atoms with E-state index in [9.17, 15) is 13.2 Å². The van der Waals surface area contributed by atoms with Crippen LogP contribution in [0.4, 0.5) is 13.2 Å². The zero-order valence-corrected chi connectivity index (χ0v) is 9.74. The van der Waals surface area contributed by atoms with E-state index in [0.29, 0.717) is 12.2 Å². The molecule has 3 nitrogen and oxygen atoms in total. The molecule has 0 aliphatic carbocycles. The van der Waals surface area contributed by atoms with Gasteiger partial charge in [-0.15, -0.1) is 5.10 Å². The smallest absolute Gasteiger partial charge is 0.309 e. The van der Waals surface area contributed by atoms with Crippen LogP contribution < -0.4 is 5.32 Å². The summed E-state index contributed by atoms with van der Waals surface area (Å²) in [6, 6.07) is -0.347. The van der Waals surface area contributed by atoms with Gasteiger partial charge in [-0.2, -0.15) is 13.2 Å². The minimum absolute atomic E-state index is 0.00884. The number of nitrogens with zero attached hydrogens (tertiary/aromatic N) is 2. The van der Waals surface area contributed by atoms with E-state index in [2.05, 4.69) is 14.9 Å². The topological polar surface area (TPSA) is 37.8 Å². The second-order valence-corrected chi connectivity index (χ2v) is 4.10. The third-order valence-corrected chi connectivity index (χ3v) is 2.61. The lowest BCUT2D eigenvalue weighted by Gasteiger charge is -2.16. The van der Waals surface area contributed by atoms with Crippen molar-refractivity contribution in [2.75, 3.05) is 6.54 Å². The fourth-order valence-electron chi connectivity index (χ4n) is 1.30. The maximum absolute atomic E-state index is 12.1. The first-order chi connectivity index (χ1) is 7.53. The predicted molar refractivity (Wildman–Crippen MR) is 56.2 cm³/mol. The lowest BCUT2D eigenvalue weighted by molar-refractivity contribution is -0.136. The fourth-order valence-corrected chi connectivity index (χ4v) is 1.81. The van der Waals surface area contributed by atoms with Gasteiger partial charge < -0.3 is 5.32 Å². The molecule has 0 saturated carbocycles. The third kappa shape index (κ3) is 4.89. The van der Waals surface area contributed by atoms with Crippen molar-refractivity contribution in [3.8, 4) is 0 Å². The number of alkyl halides is 3. The average Bonchev–Trinajstić information content (AvgIpc) is 2.69. The van der Waals surface area contributed by atoms with E-state index >= 15 is 0 Å². The number of hydrogen-bond donors (Lipinski definition) is 1. The van der Waals surface area contributed by atoms with E-state index in [4.69, 9.17) is 0 Å². The van der Waals surface area contributed by atoms with Crippen molar-refractivity contribution in [2.45, 2.75) is 38.4 Å². The molecule has 1 N–H and O–H groups in total. The molecule has 1 heterocycles. The molecule has 0 aliphatic rings. The first-order valence-corrected chi connectivity index (χ1v) is 5.93. The summed E-state index contributed by atoms with van der Waals surface area (Å²) in [5, 5.41) is 8.54. The molecule has 0 fully saturated rings. The summed E-state index contributed by atoms with van der Waals surface area (Å²) in [5.41, 5.74) is 0.600. The second kappa shape index (κ2) is 6.15. The van der Waals surface area contributed by atoms with Crippen LogP contribution in [0.5, 0.6) is 0 Å². The highest BCUT2D eigenvalue weighted by molar-refractivity contribution is 7.03. The molecule has 0 amide bonds. The number of aromatic nitrogens is 2. The molecule has 1 aromatic rings. The largest absolute Gasteiger partial charge is 0.389 e. The zero-order chi connectivity index (χ0) is 12.0. The number of rotatable bonds is 6. The van der Waals surface area contributed by atoms with Gasteiger partial charge in [0.25, 0.3) is 0 Å². The highest BCUT2D eigenvalue weighted by Crippen LogP contribution is 2.27. The van der Waals surface area contributed by atoms with Crippen LogP contribution in [0.15, 0.2) is 5.38 Å². The van der Waals surface area contributed by atoms with Crippen molar-refractivity contribution >= 4 is 11.5 Å². The Morgan fingerprint density at radius 1 is 1.50 bits per heavy atom. The van der Waals surface area contributed by atoms with Gasteiger partial charge in [-0.3, -0.25) is 0 Å². The third-order valence-electron chi connectivity index (χ3n) is 2.09. The number of halogens is 3. The van der Waals surface area contributed by atoms with Gasteiger partial charge in [0.2, 0.25) is 0 Å². The zero-order valence-electron chi connectivity index (χ0n) is 8.92. The number of hydrogen-bond acceptors (Lipinski definition) is 4. The summed E-state index contributed by atoms with van der Waals surface area (Å²) >= 11 is 1.15. The van der Waals surface area contributed by atoms with Gasteiger partial charge in [0.15, 0.2) is 0 Å². The average molecular weight is 253 g/mol. The van der Waals surface area contributed by atoms with Crippen LogP contribution in [-0.4, -0.2) is 22.3 Å². The minimum Gasteiger partial charge on any atom is -0.309 e. The molecule has 0 saturated heterocycles. The first-order valence-electron chi connectivity index (χ1n) is 5.10. The quantitative estimate of drug-likeness (QED) is 0.847. The fraction of sp³-hybridized carbons (Fsp3) is 0.778. The molecule has 0 aromatic carbocycles. The standard InChI is InChI=1S/C9H14F3N3S/c1-2-5-13-7(3-4-9(10,11)12)8-6-16-15-14-8/h6-7,13H,2-5H2,1H3. The van der Waals surface area contributed by atoms with Crippen LogP contribution in [0.2, 0.25) is 0 Å². The van der Waals surface area contributed by atoms with Crippen molar-refractivity contribution < 1.29 is 13.2 Å². The monoisotopic (exact) mass is 253 g/mol. The van der Waals surface area contributed by atoms with E-state index in [1.807, 2.05) is 6.92 Å². The lowest BCUT2D eigenvalue weighted by Crippen LogP contribution is -2.24. The summed E-state index contributed by atoms with van der Waals surface area (Å²) in [4.78, 5) is 0. The summed E-state index contributed by atoms with van der Waals surface area (Å²) in [6.45, 7) is 2.65. The van der Waals surface area contributed by atoms with E-state index in [1.54, 1.807) is 5.38 Å². The van der Waals surface area contributed by atoms with Gasteiger partial charge in [-0.1, -0.05) is 11.4 Å². The Balaban J connectivity index is 2.51. The van der Waals surface area contributed by atoms with Gasteiger partial charge in [0, 0.05) is 11.8 Å². The molecule has 1 aromatic heterocycles. The van der Waals surface area contributed by atoms with Crippen LogP contribution in [0, 0.1) is 0 Å². The molecule has 16 heavy (non-hydrogen) atoms. The Kier molecular flexibility index (Phi) is 5.14. The van der Waals surface area contributed by atoms with Gasteiger partial charge in [-0.05, 0) is 30.9 Å². The number of nitrogens with one attached hydrogen (secondary N) is 1. The molecule has 92 valence electrons. The van der Waals surface area contributed by atoms with Gasteiger partial charge in [0.1, 0.15) is 0 Å². The Bertz CT molecular complexity index is 287. The first kappa shape index (κ1) is 13.4. The lowest BCUT2D eigenvalue weighted by atomic mass is 10.1. The SMILES string of the molecule is CCCNC(CCC(F)(F)F)c1csnn1. The van der Waals surface area contributed by atoms with E-state index in [-0.39, 0.29) is 12.5 Å². The summed E-state index contributed by atoms with van der Waals surface area (Å²) in [7, 11) is 0. The van der Waals surface area contributed by atoms with Crippen molar-refractivity contribution in [2.24, 2.45) is 0 Å². The molecule has 1 atom stereocenters. The Morgan fingerprint density at radius 2 is 2.25 bits per heavy atom. The molecule has 1 unspecified atom stereocenters. The van der Waals surface area contributed by atoms with Crippen molar-refractivity contribution in [3.63, 3.8) is 0 Å². The van der Waals surface area contributed by atoms with Crippen LogP contribution in [0.3, 0.4) is 0 Å². The summed E-state index contributed by atoms with van der Waals surface area (Å²) in [6.07, 6.45) is -4.03. The maximum Gasteiger partial charge on any atom is 0.389 e. The molecule has 0 aliphatic heterocycles. The van der Waals surface area contributed by atoms with Crippen LogP contribution in [0.1, 0.15) is 37.9 Å². The van der Waals surface area contributed by atoms with Crippen LogP contribution >= 0.6 is 11.5 Å². The Morgan fingerprint density at radius 3 is 2.75 bits per heavy atom. The van der Waals surface area contributed by atoms with E-state index in [0.717, 1.165) is 18.0 Å². The minimum atomic E-state index is -4.12. The molecule has 1 rings (SSSR count). The highest BCUT2D eigenvalue weighted by Gasteiger charge is 2.29. The summed E-state index contributed by atoms with van der Waals surface area (Å²) in [5.74, 6) is 0. The molecule has 7 heteroatoms. The molecular formula is C9H14F3N3S. The molecular weight excluding hydrogens is 239 g/mol. The molecule has 0 bridgehead atoms. The van der Waals surface area contributed by atoms with Crippen LogP contribution in [-0.2, 0) is 0 Å². The van der Waals surface area contributed by atoms with E-state index in [1.165, 1.54) is 0 Å². The summed E-state index contributed by atoms with van der Waals surface area (Å²) < 4.78 is 40.0. The van der Waals surface area contributed by atoms with Gasteiger partial charge in [-0.25, -0.2) is 0 Å². The Hall–Kier alpha value is -0.690. The van der Waals surface area contributed by atoms with Gasteiger partial charge in [0.05, 0.1) is 11.7 Å². The second-order valence-electron chi connectivity index (χ2n) is 3.49. The Labute approximate surface area is 96.2 Å². The van der Waals surface area contributed by atoms with Crippen molar-refractivity contribution in [1.82, 2.24) is 14.9 Å². The van der Waals surface area contributed by atoms with Crippen molar-refractivity contribution in [1.29, 1.82) is 0 Å². The molecule has 0 spiro atoms.